The Labute approximate surface area is 161 Å². The molecule has 0 bridgehead atoms. The van der Waals surface area contributed by atoms with Gasteiger partial charge in [0, 0.05) is 43.1 Å². The van der Waals surface area contributed by atoms with Crippen molar-refractivity contribution in [2.45, 2.75) is 44.7 Å². The van der Waals surface area contributed by atoms with Gasteiger partial charge < -0.3 is 4.90 Å². The molecule has 1 aliphatic heterocycles. The Balaban J connectivity index is 1.53. The molecule has 148 valence electrons. The summed E-state index contributed by atoms with van der Waals surface area (Å²) in [5.41, 5.74) is 4.70. The maximum atomic E-state index is 12.5. The van der Waals surface area contributed by atoms with Gasteiger partial charge in [0.1, 0.15) is 12.2 Å². The summed E-state index contributed by atoms with van der Waals surface area (Å²) in [6.45, 7) is 0.430. The lowest BCUT2D eigenvalue weighted by Crippen LogP contribution is -2.37. The fourth-order valence-corrected chi connectivity index (χ4v) is 3.80. The second kappa shape index (κ2) is 7.18. The lowest BCUT2D eigenvalue weighted by Gasteiger charge is -2.28. The van der Waals surface area contributed by atoms with Crippen LogP contribution in [0.15, 0.2) is 18.2 Å². The zero-order chi connectivity index (χ0) is 19.9. The Bertz CT molecular complexity index is 882. The molecule has 1 fully saturated rings. The van der Waals surface area contributed by atoms with Crippen molar-refractivity contribution in [3.05, 3.63) is 40.7 Å². The number of pyridine rings is 1. The molecule has 4 rings (SSSR count). The molecule has 1 saturated carbocycles. The van der Waals surface area contributed by atoms with Crippen LogP contribution in [-0.4, -0.2) is 40.8 Å². The zero-order valence-electron chi connectivity index (χ0n) is 15.4. The average molecular weight is 390 g/mol. The molecule has 0 unspecified atom stereocenters. The van der Waals surface area contributed by atoms with Crippen LogP contribution in [0, 0.1) is 5.92 Å². The Morgan fingerprint density at radius 2 is 2.04 bits per heavy atom. The van der Waals surface area contributed by atoms with E-state index in [1.54, 1.807) is 0 Å². The highest BCUT2D eigenvalue weighted by atomic mass is 19.4. The van der Waals surface area contributed by atoms with Crippen molar-refractivity contribution in [3.8, 4) is 0 Å². The van der Waals surface area contributed by atoms with E-state index in [9.17, 15) is 22.8 Å². The highest BCUT2D eigenvalue weighted by Gasteiger charge is 2.34. The number of aromatic nitrogens is 1. The van der Waals surface area contributed by atoms with Gasteiger partial charge in [0.05, 0.1) is 5.69 Å². The first-order valence-corrected chi connectivity index (χ1v) is 9.56. The number of halogens is 3. The van der Waals surface area contributed by atoms with Crippen molar-refractivity contribution in [3.63, 3.8) is 0 Å². The number of nitrogens with zero attached hydrogens (tertiary/aromatic N) is 2. The molecular formula is C21H21F3N2O2. The minimum Gasteiger partial charge on any atom is -0.338 e. The Morgan fingerprint density at radius 3 is 2.68 bits per heavy atom. The van der Waals surface area contributed by atoms with E-state index in [4.69, 9.17) is 0 Å². The van der Waals surface area contributed by atoms with Crippen molar-refractivity contribution < 1.29 is 22.8 Å². The van der Waals surface area contributed by atoms with Gasteiger partial charge in [-0.05, 0) is 36.5 Å². The average Bonchev–Trinajstić information content (AvgIpc) is 3.38. The predicted octanol–water partition coefficient (Wildman–Crippen LogP) is 3.74. The highest BCUT2D eigenvalue weighted by molar-refractivity contribution is 5.86. The molecular weight excluding hydrogens is 369 g/mol. The molecule has 2 aliphatic carbocycles. The van der Waals surface area contributed by atoms with Gasteiger partial charge in [-0.1, -0.05) is 18.2 Å². The number of hydrogen-bond donors (Lipinski definition) is 0. The Morgan fingerprint density at radius 1 is 1.25 bits per heavy atom. The Kier molecular flexibility index (Phi) is 4.85. The molecule has 7 heteroatoms. The number of allylic oxidation sites excluding steroid dienone is 1. The van der Waals surface area contributed by atoms with E-state index in [1.165, 1.54) is 4.90 Å². The summed E-state index contributed by atoms with van der Waals surface area (Å²) < 4.78 is 37.4. The van der Waals surface area contributed by atoms with Gasteiger partial charge in [0.15, 0.2) is 0 Å². The van der Waals surface area contributed by atoms with Gasteiger partial charge in [-0.2, -0.15) is 13.2 Å². The van der Waals surface area contributed by atoms with Crippen molar-refractivity contribution in [2.75, 3.05) is 13.1 Å². The molecule has 0 saturated heterocycles. The van der Waals surface area contributed by atoms with Crippen LogP contribution in [-0.2, 0) is 22.4 Å². The molecule has 0 aromatic carbocycles. The van der Waals surface area contributed by atoms with Crippen molar-refractivity contribution >= 4 is 23.3 Å². The number of amides is 1. The number of fused-ring (bicyclic) bond motifs is 1. The summed E-state index contributed by atoms with van der Waals surface area (Å²) >= 11 is 0. The fourth-order valence-electron chi connectivity index (χ4n) is 3.80. The first kappa shape index (κ1) is 18.9. The summed E-state index contributed by atoms with van der Waals surface area (Å²) in [5, 5.41) is 0. The largest absolute Gasteiger partial charge is 0.397 e. The second-order valence-electron chi connectivity index (χ2n) is 7.66. The van der Waals surface area contributed by atoms with Crippen molar-refractivity contribution in [1.29, 1.82) is 0 Å². The molecule has 4 nitrogen and oxygen atoms in total. The van der Waals surface area contributed by atoms with Crippen LogP contribution in [0.25, 0.3) is 11.6 Å². The van der Waals surface area contributed by atoms with E-state index in [2.05, 4.69) is 4.98 Å². The Hall–Kier alpha value is -2.44. The first-order chi connectivity index (χ1) is 13.3. The van der Waals surface area contributed by atoms with Crippen LogP contribution in [0.4, 0.5) is 13.2 Å². The number of carbonyl (C=O) groups is 2. The van der Waals surface area contributed by atoms with Gasteiger partial charge in [-0.15, -0.1) is 0 Å². The van der Waals surface area contributed by atoms with Crippen LogP contribution >= 0.6 is 0 Å². The monoisotopic (exact) mass is 390 g/mol. The van der Waals surface area contributed by atoms with Gasteiger partial charge in [0.2, 0.25) is 5.91 Å². The van der Waals surface area contributed by atoms with Gasteiger partial charge in [0.25, 0.3) is 0 Å². The predicted molar refractivity (Wildman–Crippen MR) is 98.3 cm³/mol. The number of ketones is 1. The van der Waals surface area contributed by atoms with E-state index < -0.39 is 18.5 Å². The molecule has 0 spiro atoms. The summed E-state index contributed by atoms with van der Waals surface area (Å²) in [4.78, 5) is 29.9. The van der Waals surface area contributed by atoms with Crippen LogP contribution in [0.3, 0.4) is 0 Å². The third-order valence-corrected chi connectivity index (χ3v) is 5.43. The summed E-state index contributed by atoms with van der Waals surface area (Å²) in [6, 6.07) is 1.94. The molecule has 2 heterocycles. The highest BCUT2D eigenvalue weighted by Crippen LogP contribution is 2.34. The maximum absolute atomic E-state index is 12.5. The topological polar surface area (TPSA) is 50.3 Å². The number of rotatable bonds is 5. The molecule has 0 atom stereocenters. The first-order valence-electron chi connectivity index (χ1n) is 9.56. The lowest BCUT2D eigenvalue weighted by molar-refractivity contribution is -0.161. The zero-order valence-corrected chi connectivity index (χ0v) is 15.4. The number of Topliss-reactive ketones (excluding diaryl/α,β-unsaturated/α-hetero) is 1. The normalized spacial score (nSPS) is 18.8. The molecule has 3 aliphatic rings. The van der Waals surface area contributed by atoms with Crippen LogP contribution in [0.5, 0.6) is 0 Å². The second-order valence-corrected chi connectivity index (χ2v) is 7.66. The smallest absolute Gasteiger partial charge is 0.338 e. The molecule has 0 radical (unpaired) electrons. The minimum absolute atomic E-state index is 0.168. The number of hydrogen-bond acceptors (Lipinski definition) is 3. The fraction of sp³-hybridized carbons (Fsp3) is 0.476. The van der Waals surface area contributed by atoms with E-state index in [-0.39, 0.29) is 24.8 Å². The number of alkyl halides is 3. The minimum atomic E-state index is -4.49. The van der Waals surface area contributed by atoms with Crippen molar-refractivity contribution in [1.82, 2.24) is 9.88 Å². The van der Waals surface area contributed by atoms with Gasteiger partial charge in [-0.25, -0.2) is 0 Å². The van der Waals surface area contributed by atoms with Crippen molar-refractivity contribution in [2.24, 2.45) is 5.92 Å². The third-order valence-electron chi connectivity index (χ3n) is 5.43. The summed E-state index contributed by atoms with van der Waals surface area (Å²) in [7, 11) is 0. The number of carbonyl (C=O) groups excluding carboxylic acids is 2. The molecule has 1 amide bonds. The van der Waals surface area contributed by atoms with Crippen LogP contribution < -0.4 is 0 Å². The molecule has 0 N–H and O–H groups in total. The van der Waals surface area contributed by atoms with Crippen LogP contribution in [0.1, 0.15) is 48.2 Å². The third kappa shape index (κ3) is 4.18. The van der Waals surface area contributed by atoms with Crippen LogP contribution in [0.2, 0.25) is 0 Å². The maximum Gasteiger partial charge on any atom is 0.397 e. The molecule has 1 aromatic heterocycles. The van der Waals surface area contributed by atoms with Gasteiger partial charge >= 0.3 is 6.18 Å². The lowest BCUT2D eigenvalue weighted by atomic mass is 9.93. The van der Waals surface area contributed by atoms with E-state index in [0.29, 0.717) is 12.8 Å². The van der Waals surface area contributed by atoms with E-state index in [1.807, 2.05) is 24.3 Å². The van der Waals surface area contributed by atoms with E-state index in [0.717, 1.165) is 47.4 Å². The standard InChI is InChI=1S/C21H21F3N2O2/c22-21(23,24)12-20(28)26-8-6-13(7-9-26)17-10-15(11-19(27)14-4-5-14)25-18-3-1-2-16(17)18/h1-2,6,10,14H,3-5,7-9,11-12H2. The summed E-state index contributed by atoms with van der Waals surface area (Å²) in [5.74, 6) is -0.483. The summed E-state index contributed by atoms with van der Waals surface area (Å²) in [6.07, 6.45) is 3.41. The molecule has 28 heavy (non-hydrogen) atoms. The van der Waals surface area contributed by atoms with E-state index >= 15 is 0 Å². The SMILES string of the molecule is O=C(Cc1cc(C2=CCN(C(=O)CC(F)(F)F)CC2)c2c(n1)CC=C2)C1CC1. The quantitative estimate of drug-likeness (QED) is 0.770. The van der Waals surface area contributed by atoms with Gasteiger partial charge in [-0.3, -0.25) is 14.6 Å². The molecule has 1 aromatic rings.